The first-order valence-corrected chi connectivity index (χ1v) is 8.25. The van der Waals surface area contributed by atoms with Crippen LogP contribution in [0.4, 0.5) is 11.6 Å². The largest absolute Gasteiger partial charge is 0.345 e. The number of rotatable bonds is 3. The van der Waals surface area contributed by atoms with Crippen molar-refractivity contribution in [2.24, 2.45) is 4.99 Å². The second-order valence-electron chi connectivity index (χ2n) is 6.17. The van der Waals surface area contributed by atoms with E-state index in [2.05, 4.69) is 39.7 Å². The molecule has 1 aliphatic heterocycles. The smallest absolute Gasteiger partial charge is 0.148 e. The molecule has 0 aliphatic carbocycles. The van der Waals surface area contributed by atoms with E-state index < -0.39 is 0 Å². The second-order valence-corrected chi connectivity index (χ2v) is 6.17. The van der Waals surface area contributed by atoms with Crippen LogP contribution in [-0.4, -0.2) is 15.8 Å². The van der Waals surface area contributed by atoms with Crippen molar-refractivity contribution < 1.29 is 0 Å². The van der Waals surface area contributed by atoms with Crippen LogP contribution in [0.5, 0.6) is 0 Å². The van der Waals surface area contributed by atoms with Crippen molar-refractivity contribution >= 4 is 17.5 Å². The first-order valence-electron chi connectivity index (χ1n) is 8.25. The number of pyridine rings is 2. The molecule has 4 rings (SSSR count). The normalized spacial score (nSPS) is 15.4. The van der Waals surface area contributed by atoms with Gasteiger partial charge in [-0.05, 0) is 49.2 Å². The zero-order valence-electron chi connectivity index (χ0n) is 14.2. The Labute approximate surface area is 146 Å². The molecule has 3 heterocycles. The van der Waals surface area contributed by atoms with Gasteiger partial charge in [0.1, 0.15) is 23.6 Å². The molecule has 25 heavy (non-hydrogen) atoms. The summed E-state index contributed by atoms with van der Waals surface area (Å²) in [7, 11) is 0. The van der Waals surface area contributed by atoms with Gasteiger partial charge in [-0.25, -0.2) is 15.0 Å². The van der Waals surface area contributed by atoms with Crippen LogP contribution in [0, 0.1) is 13.8 Å². The predicted octanol–water partition coefficient (Wildman–Crippen LogP) is 4.08. The number of anilines is 2. The van der Waals surface area contributed by atoms with Crippen LogP contribution in [0.15, 0.2) is 65.9 Å². The number of fused-ring (bicyclic) bond motifs is 1. The number of benzene rings is 1. The molecule has 1 atom stereocenters. The summed E-state index contributed by atoms with van der Waals surface area (Å²) < 4.78 is 0. The summed E-state index contributed by atoms with van der Waals surface area (Å²) in [5, 5.41) is 6.75. The highest BCUT2D eigenvalue weighted by Crippen LogP contribution is 2.30. The highest BCUT2D eigenvalue weighted by atomic mass is 15.2. The maximum atomic E-state index is 4.82. The number of hydrogen-bond acceptors (Lipinski definition) is 5. The quantitative estimate of drug-likeness (QED) is 0.760. The van der Waals surface area contributed by atoms with E-state index in [1.54, 1.807) is 12.4 Å². The number of amidine groups is 1. The van der Waals surface area contributed by atoms with Crippen LogP contribution >= 0.6 is 0 Å². The molecule has 5 nitrogen and oxygen atoms in total. The third-order valence-electron chi connectivity index (χ3n) is 4.13. The molecule has 0 saturated carbocycles. The molecule has 0 spiro atoms. The second kappa shape index (κ2) is 6.36. The lowest BCUT2D eigenvalue weighted by molar-refractivity contribution is 0.850. The monoisotopic (exact) mass is 329 g/mol. The lowest BCUT2D eigenvalue weighted by Crippen LogP contribution is -2.12. The molecule has 0 bridgehead atoms. The van der Waals surface area contributed by atoms with Gasteiger partial charge in [-0.2, -0.15) is 0 Å². The van der Waals surface area contributed by atoms with Crippen LogP contribution in [0.25, 0.3) is 0 Å². The summed E-state index contributed by atoms with van der Waals surface area (Å²) in [6, 6.07) is 16.2. The average molecular weight is 329 g/mol. The Morgan fingerprint density at radius 3 is 2.28 bits per heavy atom. The van der Waals surface area contributed by atoms with Crippen molar-refractivity contribution in [3.05, 3.63) is 83.2 Å². The molecule has 0 saturated heterocycles. The number of aliphatic imine (C=N–C) groups is 1. The summed E-state index contributed by atoms with van der Waals surface area (Å²) in [4.78, 5) is 13.6. The summed E-state index contributed by atoms with van der Waals surface area (Å²) in [6.45, 7) is 4.10. The number of nitrogens with zero attached hydrogens (tertiary/aromatic N) is 3. The van der Waals surface area contributed by atoms with Gasteiger partial charge in [-0.1, -0.05) is 24.3 Å². The Bertz CT molecular complexity index is 948. The van der Waals surface area contributed by atoms with Crippen LogP contribution in [0.2, 0.25) is 0 Å². The van der Waals surface area contributed by atoms with Crippen LogP contribution in [0.3, 0.4) is 0 Å². The Balaban J connectivity index is 1.65. The first-order chi connectivity index (χ1) is 12.2. The minimum absolute atomic E-state index is 0.169. The lowest BCUT2D eigenvalue weighted by atomic mass is 10.1. The van der Waals surface area contributed by atoms with E-state index in [1.165, 1.54) is 0 Å². The lowest BCUT2D eigenvalue weighted by Gasteiger charge is -2.12. The van der Waals surface area contributed by atoms with Crippen molar-refractivity contribution in [3.8, 4) is 0 Å². The Morgan fingerprint density at radius 2 is 1.52 bits per heavy atom. The first kappa shape index (κ1) is 15.3. The van der Waals surface area contributed by atoms with Crippen molar-refractivity contribution in [1.29, 1.82) is 0 Å². The van der Waals surface area contributed by atoms with E-state index in [1.807, 2.05) is 43.3 Å². The van der Waals surface area contributed by atoms with Gasteiger partial charge < -0.3 is 10.6 Å². The van der Waals surface area contributed by atoms with Gasteiger partial charge in [0.05, 0.1) is 0 Å². The van der Waals surface area contributed by atoms with E-state index in [0.29, 0.717) is 0 Å². The van der Waals surface area contributed by atoms with Crippen molar-refractivity contribution in [2.45, 2.75) is 20.0 Å². The minimum atomic E-state index is -0.169. The van der Waals surface area contributed by atoms with E-state index in [-0.39, 0.29) is 6.17 Å². The summed E-state index contributed by atoms with van der Waals surface area (Å²) in [5.41, 5.74) is 4.52. The molecule has 0 radical (unpaired) electrons. The fraction of sp³-hybridized carbons (Fsp3) is 0.150. The molecular weight excluding hydrogens is 310 g/mol. The van der Waals surface area contributed by atoms with Gasteiger partial charge >= 0.3 is 0 Å². The maximum absolute atomic E-state index is 4.82. The number of hydrogen-bond donors (Lipinski definition) is 2. The zero-order chi connectivity index (χ0) is 17.2. The van der Waals surface area contributed by atoms with Crippen molar-refractivity contribution in [2.75, 3.05) is 10.6 Å². The molecule has 5 heteroatoms. The molecular formula is C20H19N5. The predicted molar refractivity (Wildman–Crippen MR) is 101 cm³/mol. The Kier molecular flexibility index (Phi) is 3.90. The SMILES string of the molecule is Cc1ccnc(NC2=NC(Nc3cc(C)ccn3)c3ccccc32)c1. The van der Waals surface area contributed by atoms with E-state index in [0.717, 1.165) is 39.7 Å². The van der Waals surface area contributed by atoms with Gasteiger partial charge in [-0.3, -0.25) is 0 Å². The molecule has 2 aromatic heterocycles. The Hall–Kier alpha value is -3.21. The van der Waals surface area contributed by atoms with Gasteiger partial charge in [0, 0.05) is 23.5 Å². The molecule has 1 aromatic carbocycles. The van der Waals surface area contributed by atoms with Crippen LogP contribution < -0.4 is 10.6 Å². The number of aryl methyl sites for hydroxylation is 2. The minimum Gasteiger partial charge on any atom is -0.345 e. The third-order valence-corrected chi connectivity index (χ3v) is 4.13. The molecule has 0 fully saturated rings. The molecule has 124 valence electrons. The summed E-state index contributed by atoms with van der Waals surface area (Å²) >= 11 is 0. The van der Waals surface area contributed by atoms with Gasteiger partial charge in [-0.15, -0.1) is 0 Å². The topological polar surface area (TPSA) is 62.2 Å². The zero-order valence-corrected chi connectivity index (χ0v) is 14.2. The maximum Gasteiger partial charge on any atom is 0.148 e. The van der Waals surface area contributed by atoms with Crippen molar-refractivity contribution in [3.63, 3.8) is 0 Å². The molecule has 2 N–H and O–H groups in total. The van der Waals surface area contributed by atoms with Gasteiger partial charge in [0.25, 0.3) is 0 Å². The fourth-order valence-electron chi connectivity index (χ4n) is 2.91. The number of aromatic nitrogens is 2. The fourth-order valence-corrected chi connectivity index (χ4v) is 2.91. The molecule has 1 unspecified atom stereocenters. The molecule has 3 aromatic rings. The summed E-state index contributed by atoms with van der Waals surface area (Å²) in [6.07, 6.45) is 3.43. The number of nitrogens with one attached hydrogen (secondary N) is 2. The van der Waals surface area contributed by atoms with Crippen LogP contribution in [-0.2, 0) is 0 Å². The van der Waals surface area contributed by atoms with E-state index >= 15 is 0 Å². The highest BCUT2D eigenvalue weighted by Gasteiger charge is 2.25. The Morgan fingerprint density at radius 1 is 0.840 bits per heavy atom. The van der Waals surface area contributed by atoms with Gasteiger partial charge in [0.2, 0.25) is 0 Å². The van der Waals surface area contributed by atoms with Crippen LogP contribution in [0.1, 0.15) is 28.4 Å². The highest BCUT2D eigenvalue weighted by molar-refractivity contribution is 6.10. The van der Waals surface area contributed by atoms with Crippen molar-refractivity contribution in [1.82, 2.24) is 9.97 Å². The molecule has 0 amide bonds. The molecule has 1 aliphatic rings. The van der Waals surface area contributed by atoms with Gasteiger partial charge in [0.15, 0.2) is 0 Å². The van der Waals surface area contributed by atoms with E-state index in [4.69, 9.17) is 4.99 Å². The average Bonchev–Trinajstić information content (AvgIpc) is 2.93. The third kappa shape index (κ3) is 3.21. The standard InChI is InChI=1S/C20H19N5/c1-13-7-9-21-17(11-13)23-19-15-5-3-4-6-16(15)20(25-19)24-18-12-14(2)8-10-22-18/h3-12,19H,1-2H3,(H,21,23)(H,22,24,25). The summed E-state index contributed by atoms with van der Waals surface area (Å²) in [5.74, 6) is 2.43. The van der Waals surface area contributed by atoms with E-state index in [9.17, 15) is 0 Å².